The third kappa shape index (κ3) is 20.8. The van der Waals surface area contributed by atoms with E-state index < -0.39 is 0 Å². The molecule has 0 N–H and O–H groups in total. The van der Waals surface area contributed by atoms with Gasteiger partial charge in [0.1, 0.15) is 0 Å². The summed E-state index contributed by atoms with van der Waals surface area (Å²) in [4.78, 5) is 0. The summed E-state index contributed by atoms with van der Waals surface area (Å²) in [5, 5.41) is 0. The first-order valence-corrected chi connectivity index (χ1v) is 1.37. The summed E-state index contributed by atoms with van der Waals surface area (Å²) in [7, 11) is 0. The summed E-state index contributed by atoms with van der Waals surface area (Å²) in [5.74, 6) is 0. The smallest absolute Gasteiger partial charge is 0 e. The Morgan fingerprint density at radius 2 is 1.20 bits per heavy atom. The Kier molecular flexibility index (Phi) is 158. The predicted molar refractivity (Wildman–Crippen MR) is 6.44 cm³/mol. The van der Waals surface area contributed by atoms with Crippen LogP contribution in [0, 0.1) is 0 Å². The third-order valence-corrected chi connectivity index (χ3v) is 0. The molecule has 36 valence electrons. The van der Waals surface area contributed by atoms with Crippen molar-refractivity contribution in [3.63, 3.8) is 0 Å². The molecule has 0 spiro atoms. The maximum absolute atomic E-state index is 8.34. The molecule has 0 aliphatic heterocycles. The van der Waals surface area contributed by atoms with Gasteiger partial charge in [0.25, 0.3) is 0 Å². The van der Waals surface area contributed by atoms with Crippen molar-refractivity contribution < 1.29 is 64.2 Å². The molecule has 0 aromatic heterocycles. The molecule has 0 aromatic rings. The molecule has 5 heteroatoms. The van der Waals surface area contributed by atoms with Crippen LogP contribution in [0.2, 0.25) is 0 Å². The van der Waals surface area contributed by atoms with Crippen LogP contribution in [0.3, 0.4) is 0 Å². The monoisotopic (exact) mass is 354 g/mol. The predicted octanol–water partition coefficient (Wildman–Crippen LogP) is -0.507. The molecule has 1 nitrogen and oxygen atoms in total. The molecular weight excluding hydrogens is 354 g/mol. The van der Waals surface area contributed by atoms with Gasteiger partial charge in [0.15, 0.2) is 0 Å². The van der Waals surface area contributed by atoms with Crippen LogP contribution in [0.25, 0.3) is 0 Å². The molecule has 0 aliphatic rings. The fourth-order valence-corrected chi connectivity index (χ4v) is 0. The van der Waals surface area contributed by atoms with Crippen LogP contribution in [0.4, 0.5) is 0 Å². The molecule has 0 unspecified atom stereocenters. The standard InChI is InChI=1S/Ag.Cu.O.Sn.Ti. The van der Waals surface area contributed by atoms with Crippen LogP contribution in [0.1, 0.15) is 0 Å². The van der Waals surface area contributed by atoms with E-state index in [1.54, 1.807) is 0 Å². The van der Waals surface area contributed by atoms with Crippen LogP contribution < -0.4 is 0 Å². The minimum atomic E-state index is 0. The van der Waals surface area contributed by atoms with Gasteiger partial charge in [-0.3, -0.25) is 0 Å². The molecule has 0 rings (SSSR count). The molecule has 0 amide bonds. The summed E-state index contributed by atoms with van der Waals surface area (Å²) >= 11 is 0.300. The Labute approximate surface area is 85.4 Å². The second-order valence-electron chi connectivity index (χ2n) is 0. The Hall–Kier alpha value is 2.57. The van der Waals surface area contributed by atoms with Crippen molar-refractivity contribution in [2.24, 2.45) is 0 Å². The van der Waals surface area contributed by atoms with E-state index in [1.807, 2.05) is 0 Å². The van der Waals surface area contributed by atoms with Crippen molar-refractivity contribution in [3.8, 4) is 0 Å². The maximum Gasteiger partial charge on any atom is 0 e. The van der Waals surface area contributed by atoms with Gasteiger partial charge in [-0.15, -0.1) is 0 Å². The summed E-state index contributed by atoms with van der Waals surface area (Å²) in [6, 6.07) is 0. The quantitative estimate of drug-likeness (QED) is 0.536. The van der Waals surface area contributed by atoms with Gasteiger partial charge in [0.2, 0.25) is 0 Å². The largest absolute Gasteiger partial charge is 0 e. The fourth-order valence-electron chi connectivity index (χ4n) is 0. The van der Waals surface area contributed by atoms with Gasteiger partial charge in [0.05, 0.1) is 0 Å². The Morgan fingerprint density at radius 1 is 1.20 bits per heavy atom. The van der Waals surface area contributed by atoms with Crippen molar-refractivity contribution in [1.29, 1.82) is 0 Å². The average molecular weight is 354 g/mol. The van der Waals surface area contributed by atoms with Gasteiger partial charge >= 0.3 is 25.6 Å². The second-order valence-corrected chi connectivity index (χ2v) is 0. The molecular formula is AgCuOSnTi. The first kappa shape index (κ1) is 25.6. The third-order valence-electron chi connectivity index (χ3n) is 0. The first-order valence-electron chi connectivity index (χ1n) is 0.204. The van der Waals surface area contributed by atoms with Crippen molar-refractivity contribution in [2.75, 3.05) is 0 Å². The van der Waals surface area contributed by atoms with Gasteiger partial charge in [0, 0.05) is 61.2 Å². The first-order chi connectivity index (χ1) is 1.00. The maximum atomic E-state index is 8.34. The van der Waals surface area contributed by atoms with E-state index in [9.17, 15) is 0 Å². The van der Waals surface area contributed by atoms with Crippen LogP contribution in [0.5, 0.6) is 0 Å². The summed E-state index contributed by atoms with van der Waals surface area (Å²) in [6.07, 6.45) is 0. The molecule has 0 bridgehead atoms. The molecule has 5 heavy (non-hydrogen) atoms. The molecule has 0 atom stereocenters. The fraction of sp³-hybridized carbons (Fsp3) is 0. The van der Waals surface area contributed by atoms with Crippen molar-refractivity contribution >= 4 is 22.5 Å². The van der Waals surface area contributed by atoms with Gasteiger partial charge in [-0.1, -0.05) is 0 Å². The zero-order valence-electron chi connectivity index (χ0n) is 2.01. The molecule has 0 saturated heterocycles. The van der Waals surface area contributed by atoms with Crippen molar-refractivity contribution in [3.05, 3.63) is 0 Å². The number of hydrogen-bond donors (Lipinski definition) is 0. The van der Waals surface area contributed by atoms with Crippen LogP contribution in [-0.2, 0) is 64.2 Å². The Bertz CT molecular complexity index is 11.6. The average Bonchev–Trinajstić information content (AvgIpc) is 1.00. The van der Waals surface area contributed by atoms with E-state index >= 15 is 0 Å². The zero-order chi connectivity index (χ0) is 2.00. The Balaban J connectivity index is -0.00000000167. The minimum Gasteiger partial charge on any atom is 0 e. The minimum absolute atomic E-state index is 0. The SMILES string of the molecule is [Ag].[Cu].[O]=[Sn].[Ti]. The summed E-state index contributed by atoms with van der Waals surface area (Å²) in [5.41, 5.74) is 0. The Morgan fingerprint density at radius 3 is 1.20 bits per heavy atom. The molecule has 0 saturated carbocycles. The summed E-state index contributed by atoms with van der Waals surface area (Å²) in [6.45, 7) is 0. The molecule has 0 aliphatic carbocycles. The molecule has 0 fully saturated rings. The normalized spacial score (nSPS) is 0.800. The number of rotatable bonds is 0. The van der Waals surface area contributed by atoms with Gasteiger partial charge in [-0.25, -0.2) is 0 Å². The van der Waals surface area contributed by atoms with E-state index in [2.05, 4.69) is 0 Å². The van der Waals surface area contributed by atoms with Crippen LogP contribution in [-0.4, -0.2) is 22.5 Å². The number of hydrogen-bond acceptors (Lipinski definition) is 1. The second kappa shape index (κ2) is 30.8. The van der Waals surface area contributed by atoms with E-state index in [4.69, 9.17) is 3.08 Å². The van der Waals surface area contributed by atoms with Gasteiger partial charge in [-0.2, -0.15) is 0 Å². The summed E-state index contributed by atoms with van der Waals surface area (Å²) < 4.78 is 8.34. The molecule has 4 radical (unpaired) electrons. The van der Waals surface area contributed by atoms with Crippen molar-refractivity contribution in [2.45, 2.75) is 0 Å². The topological polar surface area (TPSA) is 17.1 Å². The van der Waals surface area contributed by atoms with Crippen LogP contribution in [0.15, 0.2) is 0 Å². The van der Waals surface area contributed by atoms with Gasteiger partial charge in [-0.05, 0) is 0 Å². The van der Waals surface area contributed by atoms with Crippen LogP contribution >= 0.6 is 0 Å². The van der Waals surface area contributed by atoms with E-state index in [1.165, 1.54) is 0 Å². The zero-order valence-corrected chi connectivity index (χ0v) is 8.85. The van der Waals surface area contributed by atoms with E-state index in [0.717, 1.165) is 0 Å². The van der Waals surface area contributed by atoms with Gasteiger partial charge < -0.3 is 0 Å². The van der Waals surface area contributed by atoms with E-state index in [-0.39, 0.29) is 61.2 Å². The molecule has 0 heterocycles. The van der Waals surface area contributed by atoms with E-state index in [0.29, 0.717) is 22.5 Å². The molecule has 0 aromatic carbocycles. The van der Waals surface area contributed by atoms with Crippen molar-refractivity contribution in [1.82, 2.24) is 0 Å².